The Hall–Kier alpha value is -0.870. The minimum Gasteiger partial charge on any atom is -0.311 e. The molecule has 0 aliphatic carbocycles. The topological polar surface area (TPSA) is 44.0 Å². The number of H-pyrrole nitrogens is 1. The molecule has 1 unspecified atom stereocenters. The summed E-state index contributed by atoms with van der Waals surface area (Å²) in [5.41, 5.74) is 2.39. The first-order chi connectivity index (χ1) is 6.61. The van der Waals surface area contributed by atoms with Gasteiger partial charge in [-0.15, -0.1) is 0 Å². The molecule has 1 rings (SSSR count). The van der Waals surface area contributed by atoms with Gasteiger partial charge in [-0.05, 0) is 27.9 Å². The van der Waals surface area contributed by atoms with Gasteiger partial charge in [0.15, 0.2) is 0 Å². The summed E-state index contributed by atoms with van der Waals surface area (Å²) in [7, 11) is 4.19. The highest BCUT2D eigenvalue weighted by Crippen LogP contribution is 2.01. The molecule has 2 N–H and O–H groups in total. The lowest BCUT2D eigenvalue weighted by molar-refractivity contribution is 0.302. The Balaban J connectivity index is 2.25. The first kappa shape index (κ1) is 11.2. The number of hydrogen-bond acceptors (Lipinski definition) is 3. The fourth-order valence-electron chi connectivity index (χ4n) is 1.15. The zero-order valence-electron chi connectivity index (χ0n) is 9.46. The van der Waals surface area contributed by atoms with E-state index in [9.17, 15) is 0 Å². The van der Waals surface area contributed by atoms with Gasteiger partial charge < -0.3 is 10.2 Å². The molecule has 0 fully saturated rings. The average molecular weight is 196 g/mol. The summed E-state index contributed by atoms with van der Waals surface area (Å²) < 4.78 is 0. The van der Waals surface area contributed by atoms with Crippen LogP contribution in [0.2, 0.25) is 0 Å². The molecule has 0 aliphatic heterocycles. The van der Waals surface area contributed by atoms with E-state index in [4.69, 9.17) is 0 Å². The lowest BCUT2D eigenvalue weighted by atomic mass is 10.2. The molecule has 0 saturated heterocycles. The van der Waals surface area contributed by atoms with Crippen LogP contribution in [0.1, 0.15) is 18.2 Å². The van der Waals surface area contributed by atoms with E-state index >= 15 is 0 Å². The van der Waals surface area contributed by atoms with Crippen molar-refractivity contribution in [2.75, 3.05) is 20.6 Å². The third kappa shape index (κ3) is 3.12. The summed E-state index contributed by atoms with van der Waals surface area (Å²) in [5.74, 6) is 0. The molecule has 4 nitrogen and oxygen atoms in total. The molecule has 0 aliphatic rings. The van der Waals surface area contributed by atoms with Crippen molar-refractivity contribution < 1.29 is 0 Å². The van der Waals surface area contributed by atoms with Crippen LogP contribution in [-0.4, -0.2) is 41.8 Å². The number of hydrogen-bond donors (Lipinski definition) is 2. The molecule has 0 aromatic carbocycles. The minimum atomic E-state index is 0.558. The second kappa shape index (κ2) is 5.12. The predicted molar refractivity (Wildman–Crippen MR) is 58.2 cm³/mol. The van der Waals surface area contributed by atoms with Gasteiger partial charge in [0.1, 0.15) is 0 Å². The van der Waals surface area contributed by atoms with Gasteiger partial charge in [-0.1, -0.05) is 0 Å². The van der Waals surface area contributed by atoms with E-state index in [-0.39, 0.29) is 0 Å². The Morgan fingerprint density at radius 1 is 1.57 bits per heavy atom. The summed E-state index contributed by atoms with van der Waals surface area (Å²) in [6.07, 6.45) is 1.88. The van der Waals surface area contributed by atoms with Gasteiger partial charge in [0.05, 0.1) is 6.20 Å². The van der Waals surface area contributed by atoms with E-state index in [1.807, 2.05) is 13.1 Å². The fourth-order valence-corrected chi connectivity index (χ4v) is 1.15. The van der Waals surface area contributed by atoms with E-state index in [0.717, 1.165) is 18.8 Å². The van der Waals surface area contributed by atoms with Crippen molar-refractivity contribution in [2.24, 2.45) is 0 Å². The first-order valence-corrected chi connectivity index (χ1v) is 4.97. The van der Waals surface area contributed by atoms with Crippen LogP contribution in [0, 0.1) is 6.92 Å². The number of likely N-dealkylation sites (N-methyl/N-ethyl adjacent to an activating group) is 1. The van der Waals surface area contributed by atoms with E-state index in [2.05, 4.69) is 41.4 Å². The summed E-state index contributed by atoms with van der Waals surface area (Å²) >= 11 is 0. The number of aromatic amines is 1. The van der Waals surface area contributed by atoms with Crippen LogP contribution >= 0.6 is 0 Å². The molecule has 14 heavy (non-hydrogen) atoms. The molecule has 0 radical (unpaired) electrons. The standard InChI is InChI=1S/C10H20N4/c1-8(14(3)4)5-11-6-10-7-12-13-9(10)2/h7-8,11H,5-6H2,1-4H3,(H,12,13). The van der Waals surface area contributed by atoms with Gasteiger partial charge in [-0.25, -0.2) is 0 Å². The molecule has 80 valence electrons. The normalized spacial score (nSPS) is 13.5. The summed E-state index contributed by atoms with van der Waals surface area (Å²) in [4.78, 5) is 2.20. The molecule has 0 saturated carbocycles. The molecule has 4 heteroatoms. The molecular formula is C10H20N4. The Morgan fingerprint density at radius 3 is 2.79 bits per heavy atom. The second-order valence-electron chi connectivity index (χ2n) is 3.96. The Labute approximate surface area is 85.7 Å². The van der Waals surface area contributed by atoms with Crippen LogP contribution in [0.5, 0.6) is 0 Å². The number of nitrogens with zero attached hydrogens (tertiary/aromatic N) is 2. The monoisotopic (exact) mass is 196 g/mol. The fraction of sp³-hybridized carbons (Fsp3) is 0.700. The lowest BCUT2D eigenvalue weighted by Crippen LogP contribution is -2.35. The maximum Gasteiger partial charge on any atom is 0.0535 e. The van der Waals surface area contributed by atoms with E-state index in [0.29, 0.717) is 6.04 Å². The van der Waals surface area contributed by atoms with Crippen LogP contribution in [0.4, 0.5) is 0 Å². The molecule has 1 heterocycles. The molecule has 1 atom stereocenters. The van der Waals surface area contributed by atoms with Crippen LogP contribution in [0.15, 0.2) is 6.20 Å². The molecule has 1 aromatic heterocycles. The zero-order valence-corrected chi connectivity index (χ0v) is 9.46. The maximum absolute atomic E-state index is 3.98. The number of rotatable bonds is 5. The van der Waals surface area contributed by atoms with Gasteiger partial charge in [0, 0.05) is 30.4 Å². The molecule has 0 spiro atoms. The molecule has 1 aromatic rings. The lowest BCUT2D eigenvalue weighted by Gasteiger charge is -2.19. The average Bonchev–Trinajstić information content (AvgIpc) is 2.51. The van der Waals surface area contributed by atoms with E-state index < -0.39 is 0 Å². The molecule has 0 bridgehead atoms. The van der Waals surface area contributed by atoms with Gasteiger partial charge >= 0.3 is 0 Å². The van der Waals surface area contributed by atoms with Crippen LogP contribution in [0.25, 0.3) is 0 Å². The summed E-state index contributed by atoms with van der Waals surface area (Å²) in [6.45, 7) is 6.13. The van der Waals surface area contributed by atoms with Crippen molar-refractivity contribution in [2.45, 2.75) is 26.4 Å². The SMILES string of the molecule is Cc1[nH]ncc1CNCC(C)N(C)C. The third-order valence-electron chi connectivity index (χ3n) is 2.57. The van der Waals surface area contributed by atoms with Gasteiger partial charge in [0.25, 0.3) is 0 Å². The number of aromatic nitrogens is 2. The minimum absolute atomic E-state index is 0.558. The van der Waals surface area contributed by atoms with Crippen molar-refractivity contribution in [3.8, 4) is 0 Å². The summed E-state index contributed by atoms with van der Waals surface area (Å²) in [5, 5.41) is 10.3. The largest absolute Gasteiger partial charge is 0.311 e. The van der Waals surface area contributed by atoms with Crippen molar-refractivity contribution in [1.82, 2.24) is 20.4 Å². The number of nitrogens with one attached hydrogen (secondary N) is 2. The first-order valence-electron chi connectivity index (χ1n) is 4.97. The smallest absolute Gasteiger partial charge is 0.0535 e. The van der Waals surface area contributed by atoms with Crippen molar-refractivity contribution in [3.63, 3.8) is 0 Å². The second-order valence-corrected chi connectivity index (χ2v) is 3.96. The molecule has 0 amide bonds. The van der Waals surface area contributed by atoms with Crippen molar-refractivity contribution >= 4 is 0 Å². The van der Waals surface area contributed by atoms with Gasteiger partial charge in [0.2, 0.25) is 0 Å². The third-order valence-corrected chi connectivity index (χ3v) is 2.57. The highest BCUT2D eigenvalue weighted by Gasteiger charge is 2.04. The maximum atomic E-state index is 3.98. The van der Waals surface area contributed by atoms with Crippen molar-refractivity contribution in [3.05, 3.63) is 17.5 Å². The quantitative estimate of drug-likeness (QED) is 0.730. The van der Waals surface area contributed by atoms with Gasteiger partial charge in [-0.2, -0.15) is 5.10 Å². The highest BCUT2D eigenvalue weighted by atomic mass is 15.1. The molecular weight excluding hydrogens is 176 g/mol. The van der Waals surface area contributed by atoms with Crippen LogP contribution < -0.4 is 5.32 Å². The van der Waals surface area contributed by atoms with Gasteiger partial charge in [-0.3, -0.25) is 5.10 Å². The highest BCUT2D eigenvalue weighted by molar-refractivity contribution is 5.13. The Morgan fingerprint density at radius 2 is 2.29 bits per heavy atom. The van der Waals surface area contributed by atoms with E-state index in [1.165, 1.54) is 5.56 Å². The Bertz CT molecular complexity index is 267. The summed E-state index contributed by atoms with van der Waals surface area (Å²) in [6, 6.07) is 0.558. The zero-order chi connectivity index (χ0) is 10.6. The van der Waals surface area contributed by atoms with Crippen LogP contribution in [-0.2, 0) is 6.54 Å². The number of aryl methyl sites for hydroxylation is 1. The Kier molecular flexibility index (Phi) is 4.10. The van der Waals surface area contributed by atoms with Crippen LogP contribution in [0.3, 0.4) is 0 Å². The predicted octanol–water partition coefficient (Wildman–Crippen LogP) is 0.758. The van der Waals surface area contributed by atoms with Crippen molar-refractivity contribution in [1.29, 1.82) is 0 Å². The van der Waals surface area contributed by atoms with E-state index in [1.54, 1.807) is 0 Å².